The van der Waals surface area contributed by atoms with Crippen LogP contribution in [0.3, 0.4) is 0 Å². The Morgan fingerprint density at radius 2 is 1.61 bits per heavy atom. The number of hydrogen-bond donors (Lipinski definition) is 1. The summed E-state index contributed by atoms with van der Waals surface area (Å²) in [7, 11) is -4.58. The molecule has 0 aliphatic rings. The number of carbonyl (C=O) groups excluding carboxylic acids is 2. The van der Waals surface area contributed by atoms with Gasteiger partial charge in [-0.15, -0.1) is 0 Å². The lowest BCUT2D eigenvalue weighted by atomic mass is 10.1. The van der Waals surface area contributed by atoms with E-state index in [2.05, 4.69) is 5.32 Å². The Labute approximate surface area is 240 Å². The second-order valence-corrected chi connectivity index (χ2v) is 11.5. The number of halogens is 5. The van der Waals surface area contributed by atoms with Crippen molar-refractivity contribution in [2.75, 3.05) is 17.4 Å². The molecule has 7 nitrogen and oxygen atoms in total. The van der Waals surface area contributed by atoms with E-state index in [1.165, 1.54) is 43.3 Å². The van der Waals surface area contributed by atoms with Crippen LogP contribution in [0, 0.1) is 12.7 Å². The topological polar surface area (TPSA) is 86.8 Å². The van der Waals surface area contributed by atoms with Crippen molar-refractivity contribution in [2.24, 2.45) is 0 Å². The molecule has 220 valence electrons. The van der Waals surface area contributed by atoms with Crippen LogP contribution in [0.1, 0.15) is 30.5 Å². The molecule has 0 aromatic heterocycles. The molecule has 0 saturated carbocycles. The SMILES string of the molecule is CCNC(=O)[C@H](C)N(Cc1ccc(F)cc1)C(=O)CN(c1ccc(Cl)c(C(F)(F)F)c1)S(=O)(=O)c1ccc(C)cc1. The van der Waals surface area contributed by atoms with E-state index in [1.54, 1.807) is 13.8 Å². The van der Waals surface area contributed by atoms with E-state index in [9.17, 15) is 35.6 Å². The normalized spacial score (nSPS) is 12.5. The summed E-state index contributed by atoms with van der Waals surface area (Å²) in [6, 6.07) is 12.1. The van der Waals surface area contributed by atoms with Gasteiger partial charge >= 0.3 is 6.18 Å². The average molecular weight is 614 g/mol. The number of nitrogens with one attached hydrogen (secondary N) is 1. The summed E-state index contributed by atoms with van der Waals surface area (Å²) in [5, 5.41) is 1.94. The number of anilines is 1. The van der Waals surface area contributed by atoms with Crippen molar-refractivity contribution in [2.45, 2.75) is 44.4 Å². The number of likely N-dealkylation sites (N-methyl/N-ethyl adjacent to an activating group) is 1. The predicted octanol–water partition coefficient (Wildman–Crippen LogP) is 5.56. The number of carbonyl (C=O) groups is 2. The van der Waals surface area contributed by atoms with Gasteiger partial charge in [0.15, 0.2) is 0 Å². The number of rotatable bonds is 10. The zero-order valence-electron chi connectivity index (χ0n) is 22.4. The van der Waals surface area contributed by atoms with Gasteiger partial charge < -0.3 is 10.2 Å². The standard InChI is InChI=1S/C28H28ClF4N3O4S/c1-4-34-27(38)19(3)35(16-20-7-9-21(30)10-8-20)26(37)17-36(41(39,40)23-12-5-18(2)6-13-23)22-11-14-25(29)24(15-22)28(31,32)33/h5-15,19H,4,16-17H2,1-3H3,(H,34,38)/t19-/m0/s1. The molecule has 0 saturated heterocycles. The van der Waals surface area contributed by atoms with E-state index < -0.39 is 62.7 Å². The number of aryl methyl sites for hydroxylation is 1. The molecule has 3 rings (SSSR count). The van der Waals surface area contributed by atoms with Gasteiger partial charge in [0.25, 0.3) is 10.0 Å². The van der Waals surface area contributed by atoms with Crippen LogP contribution >= 0.6 is 11.6 Å². The highest BCUT2D eigenvalue weighted by Crippen LogP contribution is 2.38. The molecule has 0 heterocycles. The van der Waals surface area contributed by atoms with Gasteiger partial charge in [-0.2, -0.15) is 13.2 Å². The van der Waals surface area contributed by atoms with Crippen LogP contribution in [0.2, 0.25) is 5.02 Å². The van der Waals surface area contributed by atoms with Crippen LogP contribution in [0.4, 0.5) is 23.2 Å². The van der Waals surface area contributed by atoms with E-state index in [0.717, 1.165) is 34.7 Å². The van der Waals surface area contributed by atoms with Crippen LogP contribution in [0.15, 0.2) is 71.6 Å². The molecule has 0 aliphatic heterocycles. The third-order valence-corrected chi connectivity index (χ3v) is 8.33. The molecule has 2 amide bonds. The second-order valence-electron chi connectivity index (χ2n) is 9.21. The van der Waals surface area contributed by atoms with Gasteiger partial charge in [0, 0.05) is 13.1 Å². The molecule has 1 N–H and O–H groups in total. The summed E-state index contributed by atoms with van der Waals surface area (Å²) in [5.74, 6) is -1.95. The Kier molecular flexibility index (Phi) is 10.0. The largest absolute Gasteiger partial charge is 0.417 e. The maximum atomic E-state index is 13.8. The summed E-state index contributed by atoms with van der Waals surface area (Å²) in [6.45, 7) is 3.92. The predicted molar refractivity (Wildman–Crippen MR) is 147 cm³/mol. The van der Waals surface area contributed by atoms with Crippen LogP contribution < -0.4 is 9.62 Å². The molecule has 0 spiro atoms. The Morgan fingerprint density at radius 3 is 2.17 bits per heavy atom. The number of sulfonamides is 1. The number of nitrogens with zero attached hydrogens (tertiary/aromatic N) is 2. The molecule has 1 atom stereocenters. The third-order valence-electron chi connectivity index (χ3n) is 6.22. The van der Waals surface area contributed by atoms with Gasteiger partial charge in [0.2, 0.25) is 11.8 Å². The molecular weight excluding hydrogens is 586 g/mol. The maximum absolute atomic E-state index is 13.8. The first-order valence-electron chi connectivity index (χ1n) is 12.4. The molecule has 0 bridgehead atoms. The summed E-state index contributed by atoms with van der Waals surface area (Å²) < 4.78 is 82.6. The second kappa shape index (κ2) is 12.9. The first kappa shape index (κ1) is 31.9. The summed E-state index contributed by atoms with van der Waals surface area (Å²) >= 11 is 5.76. The minimum absolute atomic E-state index is 0.204. The van der Waals surface area contributed by atoms with Gasteiger partial charge in [-0.1, -0.05) is 41.4 Å². The minimum Gasteiger partial charge on any atom is -0.355 e. The minimum atomic E-state index is -4.90. The van der Waals surface area contributed by atoms with E-state index in [4.69, 9.17) is 11.6 Å². The molecule has 0 fully saturated rings. The van der Waals surface area contributed by atoms with Crippen LogP contribution in [0.5, 0.6) is 0 Å². The highest BCUT2D eigenvalue weighted by molar-refractivity contribution is 7.92. The zero-order chi connectivity index (χ0) is 30.5. The Bertz CT molecular complexity index is 1500. The van der Waals surface area contributed by atoms with E-state index >= 15 is 0 Å². The van der Waals surface area contributed by atoms with Gasteiger partial charge in [-0.05, 0) is 68.8 Å². The molecule has 13 heteroatoms. The number of alkyl halides is 3. The van der Waals surface area contributed by atoms with Crippen molar-refractivity contribution in [1.82, 2.24) is 10.2 Å². The molecule has 3 aromatic rings. The van der Waals surface area contributed by atoms with Gasteiger partial charge in [0.05, 0.1) is 21.2 Å². The van der Waals surface area contributed by atoms with Crippen molar-refractivity contribution in [1.29, 1.82) is 0 Å². The molecular formula is C28H28ClF4N3O4S. The molecule has 0 aliphatic carbocycles. The van der Waals surface area contributed by atoms with Crippen LogP contribution in [-0.4, -0.2) is 44.3 Å². The molecule has 41 heavy (non-hydrogen) atoms. The van der Waals surface area contributed by atoms with E-state index in [1.807, 2.05) is 0 Å². The molecule has 0 radical (unpaired) electrons. The quantitative estimate of drug-likeness (QED) is 0.304. The summed E-state index contributed by atoms with van der Waals surface area (Å²) in [6.07, 6.45) is -4.90. The number of hydrogen-bond acceptors (Lipinski definition) is 4. The molecule has 3 aromatic carbocycles. The highest BCUT2D eigenvalue weighted by atomic mass is 35.5. The third kappa shape index (κ3) is 7.76. The lowest BCUT2D eigenvalue weighted by Gasteiger charge is -2.32. The van der Waals surface area contributed by atoms with Crippen LogP contribution in [0.25, 0.3) is 0 Å². The van der Waals surface area contributed by atoms with Crippen molar-refractivity contribution in [3.05, 3.63) is 94.3 Å². The fraction of sp³-hybridized carbons (Fsp3) is 0.286. The van der Waals surface area contributed by atoms with Crippen molar-refractivity contribution in [3.8, 4) is 0 Å². The fourth-order valence-corrected chi connectivity index (χ4v) is 5.57. The molecule has 0 unspecified atom stereocenters. The first-order chi connectivity index (χ1) is 19.1. The average Bonchev–Trinajstić information content (AvgIpc) is 2.91. The van der Waals surface area contributed by atoms with Crippen molar-refractivity contribution < 1.29 is 35.6 Å². The number of benzene rings is 3. The van der Waals surface area contributed by atoms with Gasteiger partial charge in [0.1, 0.15) is 18.4 Å². The first-order valence-corrected chi connectivity index (χ1v) is 14.2. The summed E-state index contributed by atoms with van der Waals surface area (Å²) in [5.41, 5.74) is -0.566. The lowest BCUT2D eigenvalue weighted by molar-refractivity contribution is -0.139. The lowest BCUT2D eigenvalue weighted by Crippen LogP contribution is -2.51. The Balaban J connectivity index is 2.12. The van der Waals surface area contributed by atoms with Crippen molar-refractivity contribution >= 4 is 39.1 Å². The van der Waals surface area contributed by atoms with Crippen LogP contribution in [-0.2, 0) is 32.3 Å². The van der Waals surface area contributed by atoms with Gasteiger partial charge in [-0.3, -0.25) is 13.9 Å². The maximum Gasteiger partial charge on any atom is 0.417 e. The Hall–Kier alpha value is -3.64. The van der Waals surface area contributed by atoms with E-state index in [0.29, 0.717) is 15.9 Å². The smallest absolute Gasteiger partial charge is 0.355 e. The Morgan fingerprint density at radius 1 is 1.00 bits per heavy atom. The van der Waals surface area contributed by atoms with Gasteiger partial charge in [-0.25, -0.2) is 12.8 Å². The van der Waals surface area contributed by atoms with E-state index in [-0.39, 0.29) is 18.0 Å². The summed E-state index contributed by atoms with van der Waals surface area (Å²) in [4.78, 5) is 27.3. The fourth-order valence-electron chi connectivity index (χ4n) is 3.94. The van der Waals surface area contributed by atoms with Crippen molar-refractivity contribution in [3.63, 3.8) is 0 Å². The number of amides is 2. The zero-order valence-corrected chi connectivity index (χ0v) is 23.9. The highest BCUT2D eigenvalue weighted by Gasteiger charge is 2.37. The monoisotopic (exact) mass is 613 g/mol.